The highest BCUT2D eigenvalue weighted by Crippen LogP contribution is 2.12. The van der Waals surface area contributed by atoms with E-state index >= 15 is 0 Å². The van der Waals surface area contributed by atoms with E-state index in [9.17, 15) is 4.39 Å². The monoisotopic (exact) mass is 184 g/mol. The molecule has 3 heteroatoms. The van der Waals surface area contributed by atoms with Gasteiger partial charge in [0.2, 0.25) is 0 Å². The predicted molar refractivity (Wildman–Crippen MR) is 48.2 cm³/mol. The smallest absolute Gasteiger partial charge is 0.126 e. The Morgan fingerprint density at radius 2 is 2.31 bits per heavy atom. The molecular weight excluding hydrogens is 171 g/mol. The van der Waals surface area contributed by atoms with Crippen LogP contribution in [0.25, 0.3) is 0 Å². The first-order valence-electron chi connectivity index (χ1n) is 4.25. The average molecular weight is 184 g/mol. The largest absolute Gasteiger partial charge is 0.493 e. The Kier molecular flexibility index (Phi) is 3.71. The Morgan fingerprint density at radius 3 is 2.92 bits per heavy atom. The second kappa shape index (κ2) is 4.82. The minimum absolute atomic E-state index is 0.311. The van der Waals surface area contributed by atoms with E-state index in [0.29, 0.717) is 18.8 Å². The molecule has 0 saturated carbocycles. The molecule has 0 amide bonds. The van der Waals surface area contributed by atoms with Crippen molar-refractivity contribution in [3.8, 4) is 5.75 Å². The van der Waals surface area contributed by atoms with Gasteiger partial charge in [-0.2, -0.15) is 0 Å². The van der Waals surface area contributed by atoms with Gasteiger partial charge in [-0.3, -0.25) is 0 Å². The quantitative estimate of drug-likeness (QED) is 0.775. The Labute approximate surface area is 77.0 Å². The van der Waals surface area contributed by atoms with E-state index < -0.39 is 0 Å². The first-order valence-corrected chi connectivity index (χ1v) is 4.25. The van der Waals surface area contributed by atoms with Gasteiger partial charge in [-0.05, 0) is 19.1 Å². The number of aliphatic hydroxyl groups excluding tert-OH is 1. The molecule has 0 aromatic heterocycles. The van der Waals surface area contributed by atoms with Crippen molar-refractivity contribution in [1.82, 2.24) is 0 Å². The normalized spacial score (nSPS) is 12.5. The van der Waals surface area contributed by atoms with Crippen LogP contribution in [0.3, 0.4) is 0 Å². The molecule has 0 heterocycles. The molecule has 1 rings (SSSR count). The zero-order valence-corrected chi connectivity index (χ0v) is 7.53. The summed E-state index contributed by atoms with van der Waals surface area (Å²) in [5.41, 5.74) is 0. The molecule has 0 fully saturated rings. The molecule has 72 valence electrons. The van der Waals surface area contributed by atoms with Gasteiger partial charge in [0.25, 0.3) is 0 Å². The number of halogens is 1. The summed E-state index contributed by atoms with van der Waals surface area (Å²) in [5, 5.41) is 8.93. The molecule has 0 aliphatic carbocycles. The van der Waals surface area contributed by atoms with Crippen LogP contribution in [0.2, 0.25) is 0 Å². The molecule has 0 spiro atoms. The summed E-state index contributed by atoms with van der Waals surface area (Å²) in [6.45, 7) is 2.09. The molecule has 1 N–H and O–H groups in total. The molecule has 0 aliphatic rings. The Balaban J connectivity index is 2.37. The van der Waals surface area contributed by atoms with Gasteiger partial charge in [0.1, 0.15) is 11.6 Å². The van der Waals surface area contributed by atoms with E-state index in [1.807, 2.05) is 0 Å². The standard InChI is InChI=1S/C10H13FO2/c1-8(12)5-6-13-10-4-2-3-9(11)7-10/h2-4,7-8,12H,5-6H2,1H3/t8-/m0/s1. The van der Waals surface area contributed by atoms with E-state index in [1.165, 1.54) is 12.1 Å². The molecule has 0 unspecified atom stereocenters. The van der Waals surface area contributed by atoms with E-state index in [4.69, 9.17) is 9.84 Å². The topological polar surface area (TPSA) is 29.5 Å². The van der Waals surface area contributed by atoms with Crippen LogP contribution in [0.5, 0.6) is 5.75 Å². The van der Waals surface area contributed by atoms with Gasteiger partial charge < -0.3 is 9.84 Å². The third-order valence-electron chi connectivity index (χ3n) is 1.60. The van der Waals surface area contributed by atoms with Crippen LogP contribution >= 0.6 is 0 Å². The summed E-state index contributed by atoms with van der Waals surface area (Å²) in [5.74, 6) is 0.190. The fourth-order valence-electron chi connectivity index (χ4n) is 0.904. The zero-order chi connectivity index (χ0) is 9.68. The highest BCUT2D eigenvalue weighted by atomic mass is 19.1. The summed E-state index contributed by atoms with van der Waals surface area (Å²) in [6.07, 6.45) is 0.171. The third kappa shape index (κ3) is 3.90. The number of ether oxygens (including phenoxy) is 1. The molecule has 0 saturated heterocycles. The predicted octanol–water partition coefficient (Wildman–Crippen LogP) is 1.98. The van der Waals surface area contributed by atoms with E-state index in [2.05, 4.69) is 0 Å². The maximum atomic E-state index is 12.6. The SMILES string of the molecule is C[C@H](O)CCOc1cccc(F)c1. The molecule has 0 radical (unpaired) electrons. The molecule has 2 nitrogen and oxygen atoms in total. The van der Waals surface area contributed by atoms with Crippen molar-refractivity contribution in [1.29, 1.82) is 0 Å². The van der Waals surface area contributed by atoms with E-state index in [-0.39, 0.29) is 11.9 Å². The minimum atomic E-state index is -0.381. The number of benzene rings is 1. The lowest BCUT2D eigenvalue weighted by molar-refractivity contribution is 0.155. The van der Waals surface area contributed by atoms with Crippen LogP contribution in [0.4, 0.5) is 4.39 Å². The minimum Gasteiger partial charge on any atom is -0.493 e. The summed E-state index contributed by atoms with van der Waals surface area (Å²) < 4.78 is 17.8. The van der Waals surface area contributed by atoms with Crippen LogP contribution in [0.15, 0.2) is 24.3 Å². The van der Waals surface area contributed by atoms with Gasteiger partial charge in [-0.25, -0.2) is 4.39 Å². The van der Waals surface area contributed by atoms with Gasteiger partial charge in [-0.1, -0.05) is 6.07 Å². The highest BCUT2D eigenvalue weighted by molar-refractivity contribution is 5.22. The van der Waals surface area contributed by atoms with Gasteiger partial charge in [0.05, 0.1) is 12.7 Å². The molecule has 0 aliphatic heterocycles. The molecule has 1 atom stereocenters. The first-order chi connectivity index (χ1) is 6.18. The van der Waals surface area contributed by atoms with Crippen molar-refractivity contribution in [2.45, 2.75) is 19.4 Å². The maximum absolute atomic E-state index is 12.6. The van der Waals surface area contributed by atoms with Gasteiger partial charge in [0.15, 0.2) is 0 Å². The number of aliphatic hydroxyl groups is 1. The number of rotatable bonds is 4. The van der Waals surface area contributed by atoms with Gasteiger partial charge in [-0.15, -0.1) is 0 Å². The number of hydrogen-bond acceptors (Lipinski definition) is 2. The van der Waals surface area contributed by atoms with Crippen LogP contribution in [-0.4, -0.2) is 17.8 Å². The highest BCUT2D eigenvalue weighted by Gasteiger charge is 1.98. The molecule has 1 aromatic rings. The molecule has 1 aromatic carbocycles. The summed E-state index contributed by atoms with van der Waals surface area (Å²) in [7, 11) is 0. The fourth-order valence-corrected chi connectivity index (χ4v) is 0.904. The zero-order valence-electron chi connectivity index (χ0n) is 7.53. The lowest BCUT2D eigenvalue weighted by atomic mass is 10.3. The Bertz CT molecular complexity index is 261. The van der Waals surface area contributed by atoms with Crippen molar-refractivity contribution in [3.05, 3.63) is 30.1 Å². The average Bonchev–Trinajstić information content (AvgIpc) is 2.03. The second-order valence-electron chi connectivity index (χ2n) is 2.94. The van der Waals surface area contributed by atoms with E-state index in [0.717, 1.165) is 0 Å². The van der Waals surface area contributed by atoms with Gasteiger partial charge in [0, 0.05) is 12.5 Å². The van der Waals surface area contributed by atoms with Crippen LogP contribution in [-0.2, 0) is 0 Å². The van der Waals surface area contributed by atoms with Crippen LogP contribution < -0.4 is 4.74 Å². The van der Waals surface area contributed by atoms with Crippen molar-refractivity contribution in [2.24, 2.45) is 0 Å². The van der Waals surface area contributed by atoms with Gasteiger partial charge >= 0.3 is 0 Å². The molecule has 13 heavy (non-hydrogen) atoms. The Hall–Kier alpha value is -1.09. The first kappa shape index (κ1) is 9.99. The van der Waals surface area contributed by atoms with Crippen molar-refractivity contribution in [2.75, 3.05) is 6.61 Å². The summed E-state index contributed by atoms with van der Waals surface area (Å²) in [4.78, 5) is 0. The Morgan fingerprint density at radius 1 is 1.54 bits per heavy atom. The van der Waals surface area contributed by atoms with Crippen molar-refractivity contribution < 1.29 is 14.2 Å². The van der Waals surface area contributed by atoms with Crippen LogP contribution in [0, 0.1) is 5.82 Å². The molecular formula is C10H13FO2. The lowest BCUT2D eigenvalue weighted by Crippen LogP contribution is -2.07. The maximum Gasteiger partial charge on any atom is 0.126 e. The summed E-state index contributed by atoms with van der Waals surface area (Å²) in [6, 6.07) is 5.96. The van der Waals surface area contributed by atoms with E-state index in [1.54, 1.807) is 19.1 Å². The van der Waals surface area contributed by atoms with Crippen LogP contribution in [0.1, 0.15) is 13.3 Å². The van der Waals surface area contributed by atoms with Crippen molar-refractivity contribution in [3.63, 3.8) is 0 Å². The fraction of sp³-hybridized carbons (Fsp3) is 0.400. The second-order valence-corrected chi connectivity index (χ2v) is 2.94. The summed E-state index contributed by atoms with van der Waals surface area (Å²) >= 11 is 0. The third-order valence-corrected chi connectivity index (χ3v) is 1.60. The van der Waals surface area contributed by atoms with Crippen molar-refractivity contribution >= 4 is 0 Å². The lowest BCUT2D eigenvalue weighted by Gasteiger charge is -2.07. The molecule has 0 bridgehead atoms. The number of hydrogen-bond donors (Lipinski definition) is 1.